The molecular weight excluding hydrogens is 241 g/mol. The molecule has 108 valence electrons. The molecule has 4 heteroatoms. The Balaban J connectivity index is 2.81. The van der Waals surface area contributed by atoms with Crippen molar-refractivity contribution < 1.29 is 4.39 Å². The zero-order valence-electron chi connectivity index (χ0n) is 12.5. The maximum Gasteiger partial charge on any atom is 0.170 e. The van der Waals surface area contributed by atoms with Gasteiger partial charge in [-0.3, -0.25) is 0 Å². The van der Waals surface area contributed by atoms with Crippen molar-refractivity contribution >= 4 is 5.82 Å². The standard InChI is InChI=1S/C15H26FN3/c1-5-7-12(3)19(4)15-14(16)13(8-10-18-15)11-17-9-6-2/h8,10,12,17H,5-7,9,11H2,1-4H3. The van der Waals surface area contributed by atoms with Gasteiger partial charge in [-0.05, 0) is 32.4 Å². The lowest BCUT2D eigenvalue weighted by Crippen LogP contribution is -2.30. The lowest BCUT2D eigenvalue weighted by atomic mass is 10.1. The summed E-state index contributed by atoms with van der Waals surface area (Å²) in [6, 6.07) is 2.05. The van der Waals surface area contributed by atoms with E-state index in [1.807, 2.05) is 11.9 Å². The molecule has 1 aromatic rings. The Morgan fingerprint density at radius 3 is 2.74 bits per heavy atom. The molecule has 0 radical (unpaired) electrons. The van der Waals surface area contributed by atoms with Crippen LogP contribution in [0.15, 0.2) is 12.3 Å². The Kier molecular flexibility index (Phi) is 6.78. The normalized spacial score (nSPS) is 12.5. The number of anilines is 1. The lowest BCUT2D eigenvalue weighted by Gasteiger charge is -2.26. The van der Waals surface area contributed by atoms with Crippen molar-refractivity contribution in [2.45, 2.75) is 52.6 Å². The van der Waals surface area contributed by atoms with Crippen LogP contribution in [0.5, 0.6) is 0 Å². The van der Waals surface area contributed by atoms with Gasteiger partial charge in [0.2, 0.25) is 0 Å². The monoisotopic (exact) mass is 267 g/mol. The molecule has 1 heterocycles. The summed E-state index contributed by atoms with van der Waals surface area (Å²) in [5, 5.41) is 3.23. The minimum atomic E-state index is -0.198. The summed E-state index contributed by atoms with van der Waals surface area (Å²) in [7, 11) is 1.91. The first kappa shape index (κ1) is 15.9. The second-order valence-corrected chi connectivity index (χ2v) is 5.03. The molecule has 0 aliphatic carbocycles. The van der Waals surface area contributed by atoms with Crippen molar-refractivity contribution in [3.8, 4) is 0 Å². The molecule has 1 aromatic heterocycles. The van der Waals surface area contributed by atoms with Crippen LogP contribution in [0.4, 0.5) is 10.2 Å². The van der Waals surface area contributed by atoms with Crippen LogP contribution < -0.4 is 10.2 Å². The Morgan fingerprint density at radius 1 is 1.37 bits per heavy atom. The van der Waals surface area contributed by atoms with Crippen LogP contribution in [-0.2, 0) is 6.54 Å². The first-order chi connectivity index (χ1) is 9.11. The summed E-state index contributed by atoms with van der Waals surface area (Å²) >= 11 is 0. The van der Waals surface area contributed by atoms with Crippen molar-refractivity contribution in [2.24, 2.45) is 0 Å². The number of aromatic nitrogens is 1. The first-order valence-corrected chi connectivity index (χ1v) is 7.18. The van der Waals surface area contributed by atoms with E-state index < -0.39 is 0 Å². The summed E-state index contributed by atoms with van der Waals surface area (Å²) in [5.74, 6) is 0.258. The molecule has 0 bridgehead atoms. The average molecular weight is 267 g/mol. The fraction of sp³-hybridized carbons (Fsp3) is 0.667. The van der Waals surface area contributed by atoms with Gasteiger partial charge in [0.15, 0.2) is 11.6 Å². The van der Waals surface area contributed by atoms with E-state index in [1.54, 1.807) is 12.3 Å². The second kappa shape index (κ2) is 8.10. The van der Waals surface area contributed by atoms with Gasteiger partial charge >= 0.3 is 0 Å². The number of halogens is 1. The predicted molar refractivity (Wildman–Crippen MR) is 79.0 cm³/mol. The highest BCUT2D eigenvalue weighted by molar-refractivity contribution is 5.43. The highest BCUT2D eigenvalue weighted by Gasteiger charge is 2.16. The topological polar surface area (TPSA) is 28.2 Å². The minimum Gasteiger partial charge on any atom is -0.355 e. The van der Waals surface area contributed by atoms with Gasteiger partial charge in [-0.25, -0.2) is 9.37 Å². The number of pyridine rings is 1. The maximum absolute atomic E-state index is 14.4. The van der Waals surface area contributed by atoms with Gasteiger partial charge in [-0.2, -0.15) is 0 Å². The van der Waals surface area contributed by atoms with Crippen molar-refractivity contribution in [1.29, 1.82) is 0 Å². The smallest absolute Gasteiger partial charge is 0.170 e. The SMILES string of the molecule is CCCNCc1ccnc(N(C)C(C)CCC)c1F. The van der Waals surface area contributed by atoms with Crippen molar-refractivity contribution in [2.75, 3.05) is 18.5 Å². The summed E-state index contributed by atoms with van der Waals surface area (Å²) in [4.78, 5) is 6.13. The molecule has 1 atom stereocenters. The molecule has 0 amide bonds. The third-order valence-electron chi connectivity index (χ3n) is 3.39. The molecular formula is C15H26FN3. The van der Waals surface area contributed by atoms with Crippen LogP contribution in [0.1, 0.15) is 45.6 Å². The maximum atomic E-state index is 14.4. The van der Waals surface area contributed by atoms with Crippen molar-refractivity contribution in [3.05, 3.63) is 23.6 Å². The number of hydrogen-bond donors (Lipinski definition) is 1. The number of hydrogen-bond acceptors (Lipinski definition) is 3. The van der Waals surface area contributed by atoms with E-state index in [0.717, 1.165) is 25.8 Å². The lowest BCUT2D eigenvalue weighted by molar-refractivity contribution is 0.555. The molecule has 1 N–H and O–H groups in total. The molecule has 1 rings (SSSR count). The van der Waals surface area contributed by atoms with Gasteiger partial charge in [0.25, 0.3) is 0 Å². The fourth-order valence-corrected chi connectivity index (χ4v) is 2.07. The van der Waals surface area contributed by atoms with E-state index in [1.165, 1.54) is 0 Å². The van der Waals surface area contributed by atoms with E-state index in [0.29, 0.717) is 24.0 Å². The summed E-state index contributed by atoms with van der Waals surface area (Å²) < 4.78 is 14.4. The van der Waals surface area contributed by atoms with E-state index in [2.05, 4.69) is 31.1 Å². The van der Waals surface area contributed by atoms with Crippen LogP contribution in [-0.4, -0.2) is 24.6 Å². The van der Waals surface area contributed by atoms with Gasteiger partial charge in [-0.15, -0.1) is 0 Å². The number of rotatable bonds is 8. The third kappa shape index (κ3) is 4.46. The van der Waals surface area contributed by atoms with E-state index in [-0.39, 0.29) is 5.82 Å². The van der Waals surface area contributed by atoms with Crippen molar-refractivity contribution in [3.63, 3.8) is 0 Å². The van der Waals surface area contributed by atoms with Gasteiger partial charge in [-0.1, -0.05) is 20.3 Å². The summed E-state index contributed by atoms with van der Waals surface area (Å²) in [6.07, 6.45) is 4.87. The Bertz CT molecular complexity index is 382. The molecule has 0 aromatic carbocycles. The third-order valence-corrected chi connectivity index (χ3v) is 3.39. The van der Waals surface area contributed by atoms with Crippen LogP contribution in [0.25, 0.3) is 0 Å². The predicted octanol–water partition coefficient (Wildman–Crippen LogP) is 3.35. The van der Waals surface area contributed by atoms with Gasteiger partial charge in [0, 0.05) is 31.4 Å². The Morgan fingerprint density at radius 2 is 2.11 bits per heavy atom. The van der Waals surface area contributed by atoms with E-state index in [4.69, 9.17) is 0 Å². The molecule has 0 saturated heterocycles. The molecule has 0 spiro atoms. The van der Waals surface area contributed by atoms with Gasteiger partial charge in [0.05, 0.1) is 0 Å². The van der Waals surface area contributed by atoms with Crippen LogP contribution in [0.3, 0.4) is 0 Å². The van der Waals surface area contributed by atoms with E-state index >= 15 is 0 Å². The zero-order chi connectivity index (χ0) is 14.3. The van der Waals surface area contributed by atoms with Crippen LogP contribution in [0.2, 0.25) is 0 Å². The molecule has 1 unspecified atom stereocenters. The largest absolute Gasteiger partial charge is 0.355 e. The number of nitrogens with one attached hydrogen (secondary N) is 1. The fourth-order valence-electron chi connectivity index (χ4n) is 2.07. The Hall–Kier alpha value is -1.16. The zero-order valence-corrected chi connectivity index (χ0v) is 12.5. The first-order valence-electron chi connectivity index (χ1n) is 7.18. The average Bonchev–Trinajstić information content (AvgIpc) is 2.40. The molecule has 0 fully saturated rings. The Labute approximate surface area is 116 Å². The van der Waals surface area contributed by atoms with E-state index in [9.17, 15) is 4.39 Å². The number of nitrogens with zero attached hydrogens (tertiary/aromatic N) is 2. The molecule has 0 saturated carbocycles. The van der Waals surface area contributed by atoms with Crippen molar-refractivity contribution in [1.82, 2.24) is 10.3 Å². The molecule has 0 aliphatic rings. The minimum absolute atomic E-state index is 0.198. The van der Waals surface area contributed by atoms with Crippen LogP contribution in [0, 0.1) is 5.82 Å². The summed E-state index contributed by atoms with van der Waals surface area (Å²) in [6.45, 7) is 7.80. The second-order valence-electron chi connectivity index (χ2n) is 5.03. The molecule has 19 heavy (non-hydrogen) atoms. The molecule has 3 nitrogen and oxygen atoms in total. The van der Waals surface area contributed by atoms with Crippen LogP contribution >= 0.6 is 0 Å². The van der Waals surface area contributed by atoms with Gasteiger partial charge in [0.1, 0.15) is 0 Å². The highest BCUT2D eigenvalue weighted by atomic mass is 19.1. The molecule has 0 aliphatic heterocycles. The summed E-state index contributed by atoms with van der Waals surface area (Å²) in [5.41, 5.74) is 0.689. The quantitative estimate of drug-likeness (QED) is 0.732. The van der Waals surface area contributed by atoms with Gasteiger partial charge < -0.3 is 10.2 Å². The highest BCUT2D eigenvalue weighted by Crippen LogP contribution is 2.21.